The van der Waals surface area contributed by atoms with Crippen molar-refractivity contribution in [2.75, 3.05) is 58.3 Å². The predicted molar refractivity (Wildman–Crippen MR) is 88.2 cm³/mol. The van der Waals surface area contributed by atoms with E-state index >= 15 is 0 Å². The molecule has 0 amide bonds. The normalized spacial score (nSPS) is 16.9. The molecule has 1 saturated heterocycles. The van der Waals surface area contributed by atoms with E-state index in [0.717, 1.165) is 55.5 Å². The first-order valence-corrected chi connectivity index (χ1v) is 7.98. The molecule has 1 heterocycles. The number of benzene rings is 1. The topological polar surface area (TPSA) is 9.72 Å². The molecule has 1 aliphatic heterocycles. The Kier molecular flexibility index (Phi) is 5.97. The van der Waals surface area contributed by atoms with Crippen molar-refractivity contribution in [1.82, 2.24) is 9.80 Å². The molecule has 0 bridgehead atoms. The quantitative estimate of drug-likeness (QED) is 0.774. The molecule has 1 fully saturated rings. The Bertz CT molecular complexity index is 429. The van der Waals surface area contributed by atoms with Crippen LogP contribution < -0.4 is 4.90 Å². The second-order valence-corrected chi connectivity index (χ2v) is 6.23. The lowest BCUT2D eigenvalue weighted by Gasteiger charge is -2.37. The van der Waals surface area contributed by atoms with E-state index in [0.29, 0.717) is 5.88 Å². The molecule has 20 heavy (non-hydrogen) atoms. The van der Waals surface area contributed by atoms with Crippen LogP contribution in [0.25, 0.3) is 0 Å². The Morgan fingerprint density at radius 2 is 1.85 bits per heavy atom. The van der Waals surface area contributed by atoms with E-state index < -0.39 is 0 Å². The first-order chi connectivity index (χ1) is 9.60. The minimum Gasteiger partial charge on any atom is -0.368 e. The average Bonchev–Trinajstić information content (AvgIpc) is 2.45. The fourth-order valence-corrected chi connectivity index (χ4v) is 2.93. The standard InChI is InChI=1S/C15H23Cl2N3/c1-18(2)5-6-19-7-9-20(10-8-19)15-4-3-13(12-16)11-14(15)17/h3-4,11H,5-10,12H2,1-2H3. The third-order valence-corrected chi connectivity index (χ3v) is 4.35. The lowest BCUT2D eigenvalue weighted by Crippen LogP contribution is -2.48. The Labute approximate surface area is 132 Å². The van der Waals surface area contributed by atoms with Gasteiger partial charge in [-0.25, -0.2) is 0 Å². The Hall–Kier alpha value is -0.480. The third kappa shape index (κ3) is 4.26. The molecule has 5 heteroatoms. The lowest BCUT2D eigenvalue weighted by atomic mass is 10.2. The molecule has 1 aromatic carbocycles. The number of alkyl halides is 1. The number of anilines is 1. The van der Waals surface area contributed by atoms with Gasteiger partial charge in [0.15, 0.2) is 0 Å². The van der Waals surface area contributed by atoms with Gasteiger partial charge in [0.1, 0.15) is 0 Å². The summed E-state index contributed by atoms with van der Waals surface area (Å²) >= 11 is 12.2. The van der Waals surface area contributed by atoms with E-state index in [1.54, 1.807) is 0 Å². The summed E-state index contributed by atoms with van der Waals surface area (Å²) in [6, 6.07) is 6.13. The molecular weight excluding hydrogens is 293 g/mol. The minimum atomic E-state index is 0.512. The van der Waals surface area contributed by atoms with Crippen molar-refractivity contribution in [2.24, 2.45) is 0 Å². The molecular formula is C15H23Cl2N3. The van der Waals surface area contributed by atoms with E-state index in [1.165, 1.54) is 0 Å². The third-order valence-electron chi connectivity index (χ3n) is 3.74. The fourth-order valence-electron chi connectivity index (χ4n) is 2.44. The van der Waals surface area contributed by atoms with Crippen LogP contribution in [-0.2, 0) is 5.88 Å². The largest absolute Gasteiger partial charge is 0.368 e. The second kappa shape index (κ2) is 7.51. The number of piperazine rings is 1. The summed E-state index contributed by atoms with van der Waals surface area (Å²) < 4.78 is 0. The van der Waals surface area contributed by atoms with E-state index in [9.17, 15) is 0 Å². The number of rotatable bonds is 5. The molecule has 0 saturated carbocycles. The zero-order valence-corrected chi connectivity index (χ0v) is 13.8. The summed E-state index contributed by atoms with van der Waals surface area (Å²) in [4.78, 5) is 7.11. The highest BCUT2D eigenvalue weighted by Gasteiger charge is 2.18. The van der Waals surface area contributed by atoms with Gasteiger partial charge in [-0.1, -0.05) is 17.7 Å². The lowest BCUT2D eigenvalue weighted by molar-refractivity contribution is 0.229. The summed E-state index contributed by atoms with van der Waals surface area (Å²) in [5.74, 6) is 0.512. The van der Waals surface area contributed by atoms with Gasteiger partial charge < -0.3 is 9.80 Å². The van der Waals surface area contributed by atoms with Gasteiger partial charge in [-0.15, -0.1) is 11.6 Å². The highest BCUT2D eigenvalue weighted by molar-refractivity contribution is 6.33. The maximum atomic E-state index is 6.36. The molecule has 3 nitrogen and oxygen atoms in total. The van der Waals surface area contributed by atoms with Gasteiger partial charge >= 0.3 is 0 Å². The zero-order chi connectivity index (χ0) is 14.5. The Morgan fingerprint density at radius 1 is 1.15 bits per heavy atom. The maximum Gasteiger partial charge on any atom is 0.0642 e. The SMILES string of the molecule is CN(C)CCN1CCN(c2ccc(CCl)cc2Cl)CC1. The summed E-state index contributed by atoms with van der Waals surface area (Å²) in [6.45, 7) is 6.52. The molecule has 0 aromatic heterocycles. The fraction of sp³-hybridized carbons (Fsp3) is 0.600. The number of halogens is 2. The number of hydrogen-bond donors (Lipinski definition) is 0. The first kappa shape index (κ1) is 15.9. The van der Waals surface area contributed by atoms with Crippen molar-refractivity contribution in [3.8, 4) is 0 Å². The predicted octanol–water partition coefficient (Wildman–Crippen LogP) is 2.76. The minimum absolute atomic E-state index is 0.512. The molecule has 1 aliphatic rings. The smallest absolute Gasteiger partial charge is 0.0642 e. The molecule has 0 spiro atoms. The second-order valence-electron chi connectivity index (χ2n) is 5.55. The van der Waals surface area contributed by atoms with Crippen LogP contribution in [0.4, 0.5) is 5.69 Å². The summed E-state index contributed by atoms with van der Waals surface area (Å²) in [5, 5.41) is 0.810. The van der Waals surface area contributed by atoms with Gasteiger partial charge in [-0.3, -0.25) is 4.90 Å². The molecule has 0 N–H and O–H groups in total. The number of likely N-dealkylation sites (N-methyl/N-ethyl adjacent to an activating group) is 1. The molecule has 0 unspecified atom stereocenters. The van der Waals surface area contributed by atoms with Gasteiger partial charge in [0.05, 0.1) is 10.7 Å². The highest BCUT2D eigenvalue weighted by Crippen LogP contribution is 2.28. The summed E-state index contributed by atoms with van der Waals surface area (Å²) in [5.41, 5.74) is 2.21. The molecule has 1 aromatic rings. The van der Waals surface area contributed by atoms with Crippen molar-refractivity contribution < 1.29 is 0 Å². The van der Waals surface area contributed by atoms with Gasteiger partial charge in [-0.05, 0) is 31.8 Å². The average molecular weight is 316 g/mol. The van der Waals surface area contributed by atoms with Crippen molar-refractivity contribution in [2.45, 2.75) is 5.88 Å². The van der Waals surface area contributed by atoms with Crippen LogP contribution in [0.3, 0.4) is 0 Å². The van der Waals surface area contributed by atoms with Crippen LogP contribution in [0.15, 0.2) is 18.2 Å². The molecule has 0 aliphatic carbocycles. The van der Waals surface area contributed by atoms with Crippen LogP contribution >= 0.6 is 23.2 Å². The molecule has 0 atom stereocenters. The molecule has 0 radical (unpaired) electrons. The van der Waals surface area contributed by atoms with Crippen molar-refractivity contribution in [1.29, 1.82) is 0 Å². The van der Waals surface area contributed by atoms with Crippen LogP contribution in [-0.4, -0.2) is 63.2 Å². The van der Waals surface area contributed by atoms with E-state index in [2.05, 4.69) is 40.9 Å². The molecule has 2 rings (SSSR count). The highest BCUT2D eigenvalue weighted by atomic mass is 35.5. The van der Waals surface area contributed by atoms with E-state index in [-0.39, 0.29) is 0 Å². The monoisotopic (exact) mass is 315 g/mol. The van der Waals surface area contributed by atoms with Crippen LogP contribution in [0.5, 0.6) is 0 Å². The number of nitrogens with zero attached hydrogens (tertiary/aromatic N) is 3. The van der Waals surface area contributed by atoms with Crippen LogP contribution in [0.2, 0.25) is 5.02 Å². The molecule has 112 valence electrons. The maximum absolute atomic E-state index is 6.36. The van der Waals surface area contributed by atoms with Gasteiger partial charge in [0, 0.05) is 45.1 Å². The van der Waals surface area contributed by atoms with E-state index in [1.807, 2.05) is 6.07 Å². The van der Waals surface area contributed by atoms with Crippen molar-refractivity contribution in [3.63, 3.8) is 0 Å². The number of hydrogen-bond acceptors (Lipinski definition) is 3. The van der Waals surface area contributed by atoms with Crippen molar-refractivity contribution >= 4 is 28.9 Å². The zero-order valence-electron chi connectivity index (χ0n) is 12.3. The summed E-state index contributed by atoms with van der Waals surface area (Å²) in [6.07, 6.45) is 0. The van der Waals surface area contributed by atoms with Gasteiger partial charge in [0.25, 0.3) is 0 Å². The Morgan fingerprint density at radius 3 is 2.40 bits per heavy atom. The van der Waals surface area contributed by atoms with Crippen molar-refractivity contribution in [3.05, 3.63) is 28.8 Å². The van der Waals surface area contributed by atoms with E-state index in [4.69, 9.17) is 23.2 Å². The van der Waals surface area contributed by atoms with Gasteiger partial charge in [-0.2, -0.15) is 0 Å². The Balaban J connectivity index is 1.90. The van der Waals surface area contributed by atoms with Crippen LogP contribution in [0.1, 0.15) is 5.56 Å². The summed E-state index contributed by atoms with van der Waals surface area (Å²) in [7, 11) is 4.24. The van der Waals surface area contributed by atoms with Crippen LogP contribution in [0, 0.1) is 0 Å². The van der Waals surface area contributed by atoms with Gasteiger partial charge in [0.2, 0.25) is 0 Å². The first-order valence-electron chi connectivity index (χ1n) is 7.06.